The summed E-state index contributed by atoms with van der Waals surface area (Å²) in [6.45, 7) is 4.92. The highest BCUT2D eigenvalue weighted by Gasteiger charge is 1.87. The van der Waals surface area contributed by atoms with Gasteiger partial charge in [0.1, 0.15) is 6.79 Å². The third-order valence-electron chi connectivity index (χ3n) is 0.464. The van der Waals surface area contributed by atoms with Crippen LogP contribution in [0.25, 0.3) is 0 Å². The van der Waals surface area contributed by atoms with Gasteiger partial charge >= 0.3 is 12.0 Å². The Bertz CT molecular complexity index is 175. The number of carbonyl (C=O) groups excluding carboxylic acids is 2. The molecule has 0 radical (unpaired) electrons. The van der Waals surface area contributed by atoms with E-state index in [1.807, 2.05) is 13.7 Å². The van der Waals surface area contributed by atoms with E-state index >= 15 is 0 Å². The SMILES string of the molecule is C=O.CC(=O)O.CCCC(=O)O.NC(N)=O. The number of hydrogen-bond acceptors (Lipinski definition) is 4. The molecular formula is C8H18N2O6. The van der Waals surface area contributed by atoms with Crippen LogP contribution in [0.15, 0.2) is 0 Å². The fourth-order valence-corrected chi connectivity index (χ4v) is 0.214. The highest BCUT2D eigenvalue weighted by Crippen LogP contribution is 1.82. The maximum Gasteiger partial charge on any atom is 0.309 e. The third-order valence-corrected chi connectivity index (χ3v) is 0.464. The molecule has 2 amide bonds. The Morgan fingerprint density at radius 2 is 1.31 bits per heavy atom. The van der Waals surface area contributed by atoms with Crippen molar-refractivity contribution in [2.24, 2.45) is 11.5 Å². The van der Waals surface area contributed by atoms with Crippen molar-refractivity contribution in [2.75, 3.05) is 0 Å². The van der Waals surface area contributed by atoms with Crippen LogP contribution in [0.3, 0.4) is 0 Å². The molecule has 0 saturated heterocycles. The maximum absolute atomic E-state index is 9.60. The Morgan fingerprint density at radius 3 is 1.31 bits per heavy atom. The van der Waals surface area contributed by atoms with Crippen molar-refractivity contribution in [3.63, 3.8) is 0 Å². The maximum atomic E-state index is 9.60. The minimum absolute atomic E-state index is 0.292. The van der Waals surface area contributed by atoms with Crippen molar-refractivity contribution in [1.29, 1.82) is 0 Å². The van der Waals surface area contributed by atoms with Crippen molar-refractivity contribution in [1.82, 2.24) is 0 Å². The van der Waals surface area contributed by atoms with E-state index in [1.54, 1.807) is 0 Å². The van der Waals surface area contributed by atoms with Gasteiger partial charge in [-0.3, -0.25) is 9.59 Å². The number of urea groups is 1. The smallest absolute Gasteiger partial charge is 0.309 e. The average Bonchev–Trinajstić information content (AvgIpc) is 2.05. The van der Waals surface area contributed by atoms with E-state index in [9.17, 15) is 4.79 Å². The van der Waals surface area contributed by atoms with Crippen LogP contribution in [0.2, 0.25) is 0 Å². The first-order valence-electron chi connectivity index (χ1n) is 3.99. The highest BCUT2D eigenvalue weighted by atomic mass is 16.4. The molecule has 96 valence electrons. The Balaban J connectivity index is -0.0000000643. The van der Waals surface area contributed by atoms with Crippen LogP contribution >= 0.6 is 0 Å². The lowest BCUT2D eigenvalue weighted by atomic mass is 10.4. The van der Waals surface area contributed by atoms with E-state index in [0.29, 0.717) is 6.42 Å². The summed E-state index contributed by atoms with van der Waals surface area (Å²) in [6, 6.07) is -0.833. The number of primary amides is 2. The molecule has 0 bridgehead atoms. The number of amides is 2. The van der Waals surface area contributed by atoms with E-state index in [4.69, 9.17) is 24.6 Å². The molecule has 8 heteroatoms. The van der Waals surface area contributed by atoms with Gasteiger partial charge in [-0.2, -0.15) is 0 Å². The molecule has 0 aromatic rings. The van der Waals surface area contributed by atoms with Crippen LogP contribution in [0.1, 0.15) is 26.7 Å². The minimum atomic E-state index is -0.833. The minimum Gasteiger partial charge on any atom is -0.481 e. The summed E-state index contributed by atoms with van der Waals surface area (Å²) in [7, 11) is 0. The summed E-state index contributed by atoms with van der Waals surface area (Å²) in [4.78, 5) is 35.6. The van der Waals surface area contributed by atoms with Gasteiger partial charge in [0.25, 0.3) is 5.97 Å². The Hall–Kier alpha value is -2.12. The van der Waals surface area contributed by atoms with Gasteiger partial charge in [0.2, 0.25) is 0 Å². The highest BCUT2D eigenvalue weighted by molar-refractivity contribution is 5.69. The third kappa shape index (κ3) is 1820. The molecule has 0 saturated carbocycles. The average molecular weight is 238 g/mol. The van der Waals surface area contributed by atoms with Crippen molar-refractivity contribution in [3.8, 4) is 0 Å². The first-order valence-corrected chi connectivity index (χ1v) is 3.99. The van der Waals surface area contributed by atoms with Gasteiger partial charge in [-0.1, -0.05) is 6.92 Å². The number of carboxylic acid groups (broad SMARTS) is 2. The van der Waals surface area contributed by atoms with Crippen molar-refractivity contribution in [2.45, 2.75) is 26.7 Å². The molecule has 0 aromatic carbocycles. The molecular weight excluding hydrogens is 220 g/mol. The fourth-order valence-electron chi connectivity index (χ4n) is 0.214. The Kier molecular flexibility index (Phi) is 34.0. The lowest BCUT2D eigenvalue weighted by molar-refractivity contribution is -0.137. The van der Waals surface area contributed by atoms with Gasteiger partial charge in [-0.05, 0) is 6.42 Å². The Labute approximate surface area is 93.2 Å². The van der Waals surface area contributed by atoms with Crippen LogP contribution in [0, 0.1) is 0 Å². The van der Waals surface area contributed by atoms with Crippen LogP contribution in [0.4, 0.5) is 4.79 Å². The summed E-state index contributed by atoms with van der Waals surface area (Å²) in [5.41, 5.74) is 8.50. The molecule has 0 rings (SSSR count). The zero-order valence-corrected chi connectivity index (χ0v) is 9.30. The summed E-state index contributed by atoms with van der Waals surface area (Å²) >= 11 is 0. The van der Waals surface area contributed by atoms with Crippen molar-refractivity contribution >= 4 is 24.8 Å². The first-order chi connectivity index (χ1) is 7.23. The van der Waals surface area contributed by atoms with Gasteiger partial charge in [-0.25, -0.2) is 4.79 Å². The molecule has 0 aliphatic rings. The summed E-state index contributed by atoms with van der Waals surface area (Å²) in [5.74, 6) is -1.54. The van der Waals surface area contributed by atoms with Gasteiger partial charge in [-0.15, -0.1) is 0 Å². The second-order valence-corrected chi connectivity index (χ2v) is 2.07. The first kappa shape index (κ1) is 23.6. The molecule has 0 heterocycles. The number of nitrogens with two attached hydrogens (primary N) is 2. The topological polar surface area (TPSA) is 161 Å². The van der Waals surface area contributed by atoms with E-state index in [-0.39, 0.29) is 0 Å². The van der Waals surface area contributed by atoms with Crippen molar-refractivity contribution in [3.05, 3.63) is 0 Å². The summed E-state index contributed by atoms with van der Waals surface area (Å²) < 4.78 is 0. The monoisotopic (exact) mass is 238 g/mol. The van der Waals surface area contributed by atoms with E-state index in [0.717, 1.165) is 13.3 Å². The molecule has 8 nitrogen and oxygen atoms in total. The predicted octanol–water partition coefficient (Wildman–Crippen LogP) is -0.199. The molecule has 6 N–H and O–H groups in total. The van der Waals surface area contributed by atoms with Gasteiger partial charge in [0.15, 0.2) is 0 Å². The second kappa shape index (κ2) is 23.1. The normalized spacial score (nSPS) is 6.38. The van der Waals surface area contributed by atoms with Crippen LogP contribution in [-0.2, 0) is 14.4 Å². The Morgan fingerprint density at radius 1 is 1.12 bits per heavy atom. The fraction of sp³-hybridized carbons (Fsp3) is 0.500. The van der Waals surface area contributed by atoms with Crippen LogP contribution in [0.5, 0.6) is 0 Å². The molecule has 0 unspecified atom stereocenters. The number of carbonyl (C=O) groups is 4. The lowest BCUT2D eigenvalue weighted by Crippen LogP contribution is -2.18. The van der Waals surface area contributed by atoms with Gasteiger partial charge < -0.3 is 26.5 Å². The number of carboxylic acids is 2. The summed E-state index contributed by atoms with van der Waals surface area (Å²) in [5, 5.41) is 15.3. The van der Waals surface area contributed by atoms with Crippen LogP contribution < -0.4 is 11.5 Å². The van der Waals surface area contributed by atoms with Gasteiger partial charge in [0, 0.05) is 13.3 Å². The zero-order valence-electron chi connectivity index (χ0n) is 9.30. The molecule has 0 atom stereocenters. The number of hydrogen-bond donors (Lipinski definition) is 4. The summed E-state index contributed by atoms with van der Waals surface area (Å²) in [6.07, 6.45) is 1.02. The molecule has 0 aliphatic carbocycles. The number of rotatable bonds is 2. The van der Waals surface area contributed by atoms with Gasteiger partial charge in [0.05, 0.1) is 0 Å². The van der Waals surface area contributed by atoms with Crippen molar-refractivity contribution < 1.29 is 29.4 Å². The number of aliphatic carboxylic acids is 2. The predicted molar refractivity (Wildman–Crippen MR) is 56.7 cm³/mol. The van der Waals surface area contributed by atoms with Crippen LogP contribution in [-0.4, -0.2) is 35.0 Å². The van der Waals surface area contributed by atoms with E-state index in [2.05, 4.69) is 11.5 Å². The van der Waals surface area contributed by atoms with E-state index < -0.39 is 18.0 Å². The standard InChI is InChI=1S/C4H8O2.C2H4O2.CH4N2O.CH2O/c1-2-3-4(5)6;1-2(3)4;2-1(3)4;1-2/h2-3H2,1H3,(H,5,6);1H3,(H,3,4);(H4,2,3,4);1H2. The molecule has 0 fully saturated rings. The van der Waals surface area contributed by atoms with E-state index in [1.165, 1.54) is 0 Å². The molecule has 16 heavy (non-hydrogen) atoms. The lowest BCUT2D eigenvalue weighted by Gasteiger charge is -1.79. The molecule has 0 spiro atoms. The second-order valence-electron chi connectivity index (χ2n) is 2.07. The largest absolute Gasteiger partial charge is 0.481 e. The molecule has 0 aromatic heterocycles. The molecule has 0 aliphatic heterocycles. The quantitative estimate of drug-likeness (QED) is 0.520. The zero-order chi connectivity index (χ0) is 14.1.